The lowest BCUT2D eigenvalue weighted by Crippen LogP contribution is -2.49. The van der Waals surface area contributed by atoms with E-state index in [4.69, 9.17) is 0 Å². The molecule has 3 heterocycles. The van der Waals surface area contributed by atoms with E-state index >= 15 is 0 Å². The molecule has 148 valence electrons. The van der Waals surface area contributed by atoms with Crippen LogP contribution in [-0.4, -0.2) is 78.5 Å². The van der Waals surface area contributed by atoms with Crippen molar-refractivity contribution in [3.05, 3.63) is 33.8 Å². The summed E-state index contributed by atoms with van der Waals surface area (Å²) in [7, 11) is -0.477. The van der Waals surface area contributed by atoms with Crippen LogP contribution in [0.1, 0.15) is 21.1 Å². The van der Waals surface area contributed by atoms with Crippen LogP contribution in [0.2, 0.25) is 0 Å². The maximum Gasteiger partial charge on any atom is 0.264 e. The van der Waals surface area contributed by atoms with E-state index in [9.17, 15) is 13.2 Å². The highest BCUT2D eigenvalue weighted by Crippen LogP contribution is 2.22. The largest absolute Gasteiger partial charge is 0.335 e. The number of thiophene rings is 1. The molecule has 2 aromatic rings. The summed E-state index contributed by atoms with van der Waals surface area (Å²) < 4.78 is 28.0. The lowest BCUT2D eigenvalue weighted by atomic mass is 10.3. The van der Waals surface area contributed by atoms with E-state index in [1.54, 1.807) is 18.5 Å². The van der Waals surface area contributed by atoms with E-state index < -0.39 is 10.0 Å². The normalized spacial score (nSPS) is 16.3. The zero-order chi connectivity index (χ0) is 19.8. The third kappa shape index (κ3) is 3.93. The first-order valence-corrected chi connectivity index (χ1v) is 11.1. The molecule has 2 aromatic heterocycles. The van der Waals surface area contributed by atoms with Crippen molar-refractivity contribution in [3.63, 3.8) is 0 Å². The van der Waals surface area contributed by atoms with E-state index in [1.165, 1.54) is 29.7 Å². The van der Waals surface area contributed by atoms with Crippen LogP contribution >= 0.6 is 11.3 Å². The molecule has 1 aliphatic heterocycles. The molecule has 27 heavy (non-hydrogen) atoms. The van der Waals surface area contributed by atoms with Gasteiger partial charge in [0, 0.05) is 40.3 Å². The van der Waals surface area contributed by atoms with Crippen molar-refractivity contribution < 1.29 is 13.2 Å². The van der Waals surface area contributed by atoms with Gasteiger partial charge in [0.05, 0.1) is 22.9 Å². The SMILES string of the molecule is Cc1nn(CN2CCN(C(=O)c3cccs3)CC2)c(C)c1S(=O)(=O)N(C)C. The van der Waals surface area contributed by atoms with Gasteiger partial charge in [0.15, 0.2) is 0 Å². The number of piperazine rings is 1. The van der Waals surface area contributed by atoms with Crippen LogP contribution in [-0.2, 0) is 16.7 Å². The molecule has 0 atom stereocenters. The summed E-state index contributed by atoms with van der Waals surface area (Å²) in [4.78, 5) is 17.5. The van der Waals surface area contributed by atoms with Crippen molar-refractivity contribution in [2.75, 3.05) is 40.3 Å². The molecule has 0 aromatic carbocycles. The average Bonchev–Trinajstić information content (AvgIpc) is 3.24. The van der Waals surface area contributed by atoms with Crippen LogP contribution in [0.15, 0.2) is 22.4 Å². The highest BCUT2D eigenvalue weighted by atomic mass is 32.2. The maximum atomic E-state index is 12.5. The number of hydrogen-bond acceptors (Lipinski definition) is 6. The Labute approximate surface area is 164 Å². The Morgan fingerprint density at radius 1 is 1.22 bits per heavy atom. The third-order valence-electron chi connectivity index (χ3n) is 4.78. The second-order valence-electron chi connectivity index (χ2n) is 6.82. The first kappa shape index (κ1) is 20.0. The van der Waals surface area contributed by atoms with E-state index in [-0.39, 0.29) is 10.8 Å². The molecule has 1 amide bonds. The maximum absolute atomic E-state index is 12.5. The Kier molecular flexibility index (Phi) is 5.71. The number of carbonyl (C=O) groups is 1. The molecule has 1 fully saturated rings. The zero-order valence-corrected chi connectivity index (χ0v) is 17.7. The third-order valence-corrected chi connectivity index (χ3v) is 7.71. The number of sulfonamides is 1. The molecular formula is C17H25N5O3S2. The molecule has 1 saturated heterocycles. The minimum Gasteiger partial charge on any atom is -0.335 e. The van der Waals surface area contributed by atoms with Gasteiger partial charge in [-0.2, -0.15) is 5.10 Å². The molecule has 1 aliphatic rings. The number of hydrogen-bond donors (Lipinski definition) is 0. The fourth-order valence-corrected chi connectivity index (χ4v) is 5.16. The number of carbonyl (C=O) groups excluding carboxylic acids is 1. The first-order chi connectivity index (χ1) is 12.7. The van der Waals surface area contributed by atoms with Crippen molar-refractivity contribution in [1.82, 2.24) is 23.9 Å². The quantitative estimate of drug-likeness (QED) is 0.739. The number of nitrogens with zero attached hydrogens (tertiary/aromatic N) is 5. The Bertz CT molecular complexity index is 911. The summed E-state index contributed by atoms with van der Waals surface area (Å²) >= 11 is 1.46. The Morgan fingerprint density at radius 2 is 1.89 bits per heavy atom. The average molecular weight is 412 g/mol. The van der Waals surface area contributed by atoms with E-state index in [0.29, 0.717) is 31.1 Å². The van der Waals surface area contributed by atoms with Crippen LogP contribution in [0.4, 0.5) is 0 Å². The monoisotopic (exact) mass is 411 g/mol. The Balaban J connectivity index is 1.67. The van der Waals surface area contributed by atoms with Crippen LogP contribution in [0, 0.1) is 13.8 Å². The van der Waals surface area contributed by atoms with Crippen molar-refractivity contribution >= 4 is 27.3 Å². The number of aryl methyl sites for hydroxylation is 1. The lowest BCUT2D eigenvalue weighted by molar-refractivity contribution is 0.0589. The van der Waals surface area contributed by atoms with Gasteiger partial charge >= 0.3 is 0 Å². The van der Waals surface area contributed by atoms with E-state index in [1.807, 2.05) is 22.4 Å². The molecule has 10 heteroatoms. The van der Waals surface area contributed by atoms with Gasteiger partial charge in [-0.1, -0.05) is 6.07 Å². The molecule has 8 nitrogen and oxygen atoms in total. The van der Waals surface area contributed by atoms with Gasteiger partial charge < -0.3 is 4.90 Å². The topological polar surface area (TPSA) is 78.8 Å². The molecule has 0 N–H and O–H groups in total. The summed E-state index contributed by atoms with van der Waals surface area (Å²) in [5.74, 6) is 0.0788. The summed E-state index contributed by atoms with van der Waals surface area (Å²) in [6.45, 7) is 6.77. The zero-order valence-electron chi connectivity index (χ0n) is 16.0. The summed E-state index contributed by atoms with van der Waals surface area (Å²) in [6.07, 6.45) is 0. The minimum absolute atomic E-state index is 0.0788. The molecular weight excluding hydrogens is 386 g/mol. The van der Waals surface area contributed by atoms with Crippen molar-refractivity contribution in [3.8, 4) is 0 Å². The van der Waals surface area contributed by atoms with Gasteiger partial charge in [0.2, 0.25) is 10.0 Å². The fourth-order valence-electron chi connectivity index (χ4n) is 3.21. The molecule has 0 aliphatic carbocycles. The number of aromatic nitrogens is 2. The second kappa shape index (κ2) is 7.70. The molecule has 0 unspecified atom stereocenters. The summed E-state index contributed by atoms with van der Waals surface area (Å²) in [5.41, 5.74) is 1.14. The molecule has 0 saturated carbocycles. The second-order valence-corrected chi connectivity index (χ2v) is 9.85. The van der Waals surface area contributed by atoms with Crippen LogP contribution in [0.3, 0.4) is 0 Å². The van der Waals surface area contributed by atoms with Gasteiger partial charge in [-0.25, -0.2) is 12.7 Å². The minimum atomic E-state index is -3.52. The molecule has 3 rings (SSSR count). The van der Waals surface area contributed by atoms with E-state index in [2.05, 4.69) is 10.00 Å². The van der Waals surface area contributed by atoms with Crippen molar-refractivity contribution in [2.24, 2.45) is 0 Å². The molecule has 0 radical (unpaired) electrons. The van der Waals surface area contributed by atoms with Gasteiger partial charge in [-0.05, 0) is 25.3 Å². The Morgan fingerprint density at radius 3 is 2.44 bits per heavy atom. The summed E-state index contributed by atoms with van der Waals surface area (Å²) in [6, 6.07) is 3.73. The van der Waals surface area contributed by atoms with Gasteiger partial charge in [0.25, 0.3) is 5.91 Å². The standard InChI is InChI=1S/C17H25N5O3S2/c1-13-16(27(24,25)19(3)4)14(2)22(18-13)12-20-7-9-21(10-8-20)17(23)15-6-5-11-26-15/h5-6,11H,7-10,12H2,1-4H3. The number of amides is 1. The number of rotatable bonds is 5. The summed E-state index contributed by atoms with van der Waals surface area (Å²) in [5, 5.41) is 6.35. The Hall–Kier alpha value is -1.75. The fraction of sp³-hybridized carbons (Fsp3) is 0.529. The van der Waals surface area contributed by atoms with Crippen LogP contribution in [0.25, 0.3) is 0 Å². The first-order valence-electron chi connectivity index (χ1n) is 8.73. The van der Waals surface area contributed by atoms with Gasteiger partial charge in [-0.3, -0.25) is 14.4 Å². The highest BCUT2D eigenvalue weighted by Gasteiger charge is 2.28. The highest BCUT2D eigenvalue weighted by molar-refractivity contribution is 7.89. The van der Waals surface area contributed by atoms with Crippen LogP contribution < -0.4 is 0 Å². The van der Waals surface area contributed by atoms with Crippen molar-refractivity contribution in [2.45, 2.75) is 25.4 Å². The molecule has 0 spiro atoms. The van der Waals surface area contributed by atoms with Crippen LogP contribution in [0.5, 0.6) is 0 Å². The lowest BCUT2D eigenvalue weighted by Gasteiger charge is -2.34. The smallest absolute Gasteiger partial charge is 0.264 e. The van der Waals surface area contributed by atoms with E-state index in [0.717, 1.165) is 18.0 Å². The van der Waals surface area contributed by atoms with Gasteiger partial charge in [0.1, 0.15) is 4.90 Å². The molecule has 0 bridgehead atoms. The van der Waals surface area contributed by atoms with Gasteiger partial charge in [-0.15, -0.1) is 11.3 Å². The van der Waals surface area contributed by atoms with Crippen molar-refractivity contribution in [1.29, 1.82) is 0 Å². The predicted molar refractivity (Wildman–Crippen MR) is 104 cm³/mol. The predicted octanol–water partition coefficient (Wildman–Crippen LogP) is 1.23.